The molecular weight excluding hydrogens is 344 g/mol. The van der Waals surface area contributed by atoms with Crippen LogP contribution in [-0.2, 0) is 19.1 Å². The zero-order valence-corrected chi connectivity index (χ0v) is 14.3. The van der Waals surface area contributed by atoms with Gasteiger partial charge in [-0.1, -0.05) is 6.07 Å². The molecule has 26 heavy (non-hydrogen) atoms. The number of hydrogen-bond donors (Lipinski definition) is 2. The molecule has 1 aromatic rings. The molecule has 0 bridgehead atoms. The van der Waals surface area contributed by atoms with E-state index in [9.17, 15) is 19.2 Å². The molecule has 0 unspecified atom stereocenters. The van der Waals surface area contributed by atoms with Crippen LogP contribution in [0.3, 0.4) is 0 Å². The summed E-state index contributed by atoms with van der Waals surface area (Å²) in [4.78, 5) is 46.0. The summed E-state index contributed by atoms with van der Waals surface area (Å²) < 4.78 is 15.6. The normalized spacial score (nSPS) is 13.6. The Kier molecular flexibility index (Phi) is 6.31. The first kappa shape index (κ1) is 19.0. The van der Waals surface area contributed by atoms with E-state index in [4.69, 9.17) is 14.2 Å². The molecule has 1 aliphatic heterocycles. The minimum absolute atomic E-state index is 0.216. The van der Waals surface area contributed by atoms with Gasteiger partial charge in [-0.2, -0.15) is 0 Å². The Hall–Kier alpha value is -3.36. The number of imide groups is 2. The molecule has 0 aliphatic carbocycles. The minimum atomic E-state index is -0.866. The standard InChI is InChI=1S/C17H18N2O7/c1-3-24-13-8-10(5-6-12(13)26-9-14(20)25-4-2)7-11-15(21)18-17(23)19-16(11)22/h5-8H,3-4,9H2,1-2H3,(H2,18,19,21,22,23). The Morgan fingerprint density at radius 3 is 2.31 bits per heavy atom. The molecule has 1 fully saturated rings. The van der Waals surface area contributed by atoms with Crippen molar-refractivity contribution in [2.24, 2.45) is 0 Å². The molecule has 1 aromatic carbocycles. The highest BCUT2D eigenvalue weighted by atomic mass is 16.6. The highest BCUT2D eigenvalue weighted by molar-refractivity contribution is 6.31. The zero-order chi connectivity index (χ0) is 19.1. The summed E-state index contributed by atoms with van der Waals surface area (Å²) in [6.07, 6.45) is 1.31. The summed E-state index contributed by atoms with van der Waals surface area (Å²) >= 11 is 0. The molecule has 2 N–H and O–H groups in total. The van der Waals surface area contributed by atoms with E-state index in [1.807, 2.05) is 10.6 Å². The zero-order valence-electron chi connectivity index (χ0n) is 14.3. The van der Waals surface area contributed by atoms with Crippen molar-refractivity contribution in [2.45, 2.75) is 13.8 Å². The second-order valence-corrected chi connectivity index (χ2v) is 5.03. The largest absolute Gasteiger partial charge is 0.490 e. The summed E-state index contributed by atoms with van der Waals surface area (Å²) in [5.74, 6) is -1.45. The molecule has 0 radical (unpaired) electrons. The highest BCUT2D eigenvalue weighted by Crippen LogP contribution is 2.29. The topological polar surface area (TPSA) is 120 Å². The summed E-state index contributed by atoms with van der Waals surface area (Å²) in [6, 6.07) is 3.80. The van der Waals surface area contributed by atoms with Crippen molar-refractivity contribution in [1.82, 2.24) is 10.6 Å². The van der Waals surface area contributed by atoms with Gasteiger partial charge in [0.25, 0.3) is 11.8 Å². The number of benzene rings is 1. The fourth-order valence-corrected chi connectivity index (χ4v) is 2.11. The number of amides is 4. The predicted octanol–water partition coefficient (Wildman–Crippen LogP) is 0.777. The molecule has 2 rings (SSSR count). The molecular formula is C17H18N2O7. The summed E-state index contributed by atoms with van der Waals surface area (Å²) in [7, 11) is 0. The predicted molar refractivity (Wildman–Crippen MR) is 89.4 cm³/mol. The van der Waals surface area contributed by atoms with E-state index in [-0.39, 0.29) is 18.8 Å². The maximum atomic E-state index is 11.8. The van der Waals surface area contributed by atoms with E-state index < -0.39 is 23.8 Å². The van der Waals surface area contributed by atoms with Crippen molar-refractivity contribution < 1.29 is 33.4 Å². The molecule has 0 aromatic heterocycles. The van der Waals surface area contributed by atoms with Crippen LogP contribution in [0.2, 0.25) is 0 Å². The third-order valence-electron chi connectivity index (χ3n) is 3.17. The number of urea groups is 1. The number of ether oxygens (including phenoxy) is 3. The highest BCUT2D eigenvalue weighted by Gasteiger charge is 2.27. The Bertz CT molecular complexity index is 748. The monoisotopic (exact) mass is 362 g/mol. The lowest BCUT2D eigenvalue weighted by Gasteiger charge is -2.15. The van der Waals surface area contributed by atoms with Crippen LogP contribution in [0, 0.1) is 0 Å². The fourth-order valence-electron chi connectivity index (χ4n) is 2.11. The van der Waals surface area contributed by atoms with E-state index in [2.05, 4.69) is 0 Å². The van der Waals surface area contributed by atoms with E-state index in [0.29, 0.717) is 23.7 Å². The lowest BCUT2D eigenvalue weighted by molar-refractivity contribution is -0.145. The van der Waals surface area contributed by atoms with Crippen LogP contribution in [0.4, 0.5) is 4.79 Å². The van der Waals surface area contributed by atoms with Gasteiger partial charge in [-0.3, -0.25) is 20.2 Å². The van der Waals surface area contributed by atoms with Crippen molar-refractivity contribution in [1.29, 1.82) is 0 Å². The molecule has 9 heteroatoms. The molecule has 4 amide bonds. The van der Waals surface area contributed by atoms with E-state index in [1.54, 1.807) is 32.0 Å². The van der Waals surface area contributed by atoms with Crippen LogP contribution in [0.5, 0.6) is 11.5 Å². The van der Waals surface area contributed by atoms with Gasteiger partial charge in [-0.05, 0) is 37.6 Å². The molecule has 1 heterocycles. The molecule has 0 saturated carbocycles. The molecule has 0 atom stereocenters. The Labute approximate surface area is 149 Å². The van der Waals surface area contributed by atoms with Gasteiger partial charge in [0.1, 0.15) is 5.57 Å². The second-order valence-electron chi connectivity index (χ2n) is 5.03. The van der Waals surface area contributed by atoms with Gasteiger partial charge in [0.15, 0.2) is 18.1 Å². The quantitative estimate of drug-likeness (QED) is 0.418. The van der Waals surface area contributed by atoms with Crippen LogP contribution in [-0.4, -0.2) is 43.6 Å². The van der Waals surface area contributed by atoms with Crippen LogP contribution in [0.25, 0.3) is 6.08 Å². The first-order valence-electron chi connectivity index (χ1n) is 7.88. The van der Waals surface area contributed by atoms with Gasteiger partial charge in [0.2, 0.25) is 0 Å². The molecule has 0 spiro atoms. The number of carbonyl (C=O) groups is 4. The molecule has 138 valence electrons. The summed E-state index contributed by atoms with van der Waals surface area (Å²) in [5.41, 5.74) is 0.263. The van der Waals surface area contributed by atoms with Gasteiger partial charge < -0.3 is 14.2 Å². The average Bonchev–Trinajstić information content (AvgIpc) is 2.58. The van der Waals surface area contributed by atoms with Gasteiger partial charge in [-0.15, -0.1) is 0 Å². The number of carbonyl (C=O) groups excluding carboxylic acids is 4. The Morgan fingerprint density at radius 1 is 1.00 bits per heavy atom. The van der Waals surface area contributed by atoms with Crippen molar-refractivity contribution in [3.05, 3.63) is 29.3 Å². The number of nitrogens with one attached hydrogen (secondary N) is 2. The second kappa shape index (κ2) is 8.65. The lowest BCUT2D eigenvalue weighted by atomic mass is 10.1. The van der Waals surface area contributed by atoms with E-state index in [0.717, 1.165) is 0 Å². The smallest absolute Gasteiger partial charge is 0.344 e. The van der Waals surface area contributed by atoms with Crippen LogP contribution < -0.4 is 20.1 Å². The van der Waals surface area contributed by atoms with E-state index >= 15 is 0 Å². The van der Waals surface area contributed by atoms with Gasteiger partial charge in [-0.25, -0.2) is 9.59 Å². The van der Waals surface area contributed by atoms with Crippen molar-refractivity contribution in [3.8, 4) is 11.5 Å². The van der Waals surface area contributed by atoms with Gasteiger partial charge >= 0.3 is 12.0 Å². The number of rotatable bonds is 7. The Morgan fingerprint density at radius 2 is 1.69 bits per heavy atom. The molecule has 1 aliphatic rings. The SMILES string of the molecule is CCOC(=O)COc1ccc(C=C2C(=O)NC(=O)NC2=O)cc1OCC. The van der Waals surface area contributed by atoms with Crippen LogP contribution in [0.1, 0.15) is 19.4 Å². The van der Waals surface area contributed by atoms with Crippen molar-refractivity contribution in [3.63, 3.8) is 0 Å². The molecule has 1 saturated heterocycles. The van der Waals surface area contributed by atoms with E-state index in [1.165, 1.54) is 6.08 Å². The fraction of sp³-hybridized carbons (Fsp3) is 0.294. The van der Waals surface area contributed by atoms with Crippen LogP contribution >= 0.6 is 0 Å². The summed E-state index contributed by atoms with van der Waals surface area (Å²) in [6.45, 7) is 3.77. The average molecular weight is 362 g/mol. The third-order valence-corrected chi connectivity index (χ3v) is 3.17. The van der Waals surface area contributed by atoms with Crippen molar-refractivity contribution in [2.75, 3.05) is 19.8 Å². The maximum Gasteiger partial charge on any atom is 0.344 e. The number of esters is 1. The maximum absolute atomic E-state index is 11.8. The Balaban J connectivity index is 2.23. The number of barbiturate groups is 1. The third kappa shape index (κ3) is 4.82. The molecule has 9 nitrogen and oxygen atoms in total. The minimum Gasteiger partial charge on any atom is -0.490 e. The van der Waals surface area contributed by atoms with Gasteiger partial charge in [0, 0.05) is 0 Å². The first-order valence-corrected chi connectivity index (χ1v) is 7.88. The first-order chi connectivity index (χ1) is 12.4. The number of hydrogen-bond acceptors (Lipinski definition) is 7. The van der Waals surface area contributed by atoms with Crippen LogP contribution in [0.15, 0.2) is 23.8 Å². The van der Waals surface area contributed by atoms with Gasteiger partial charge in [0.05, 0.1) is 13.2 Å². The lowest BCUT2D eigenvalue weighted by Crippen LogP contribution is -2.51. The van der Waals surface area contributed by atoms with Crippen molar-refractivity contribution >= 4 is 29.9 Å². The summed E-state index contributed by atoms with van der Waals surface area (Å²) in [5, 5.41) is 3.98.